The number of aromatic nitrogens is 4. The van der Waals surface area contributed by atoms with Crippen LogP contribution in [0, 0.1) is 0 Å². The molecule has 2 N–H and O–H groups in total. The number of rotatable bonds is 5. The van der Waals surface area contributed by atoms with Crippen molar-refractivity contribution in [2.45, 2.75) is 6.54 Å². The number of hydrogen-bond donors (Lipinski definition) is 2. The fourth-order valence-corrected chi connectivity index (χ4v) is 2.06. The van der Waals surface area contributed by atoms with Crippen LogP contribution in [-0.2, 0) is 20.6 Å². The van der Waals surface area contributed by atoms with Gasteiger partial charge in [-0.3, -0.25) is 13.9 Å². The summed E-state index contributed by atoms with van der Waals surface area (Å²) in [5, 5.41) is 11.7. The summed E-state index contributed by atoms with van der Waals surface area (Å²) < 4.78 is 4.00. The molecule has 2 aromatic rings. The molecule has 2 heterocycles. The van der Waals surface area contributed by atoms with Gasteiger partial charge < -0.3 is 15.0 Å². The van der Waals surface area contributed by atoms with Gasteiger partial charge in [-0.05, 0) is 0 Å². The highest BCUT2D eigenvalue weighted by molar-refractivity contribution is 5.74. The van der Waals surface area contributed by atoms with E-state index in [9.17, 15) is 9.59 Å². The van der Waals surface area contributed by atoms with Gasteiger partial charge >= 0.3 is 5.69 Å². The molecule has 2 rings (SSSR count). The van der Waals surface area contributed by atoms with E-state index in [1.54, 1.807) is 18.7 Å². The van der Waals surface area contributed by atoms with Crippen LogP contribution in [0.25, 0.3) is 11.2 Å². The van der Waals surface area contributed by atoms with Gasteiger partial charge in [0.15, 0.2) is 11.2 Å². The first-order valence-corrected chi connectivity index (χ1v) is 6.14. The average molecular weight is 279 g/mol. The molecular formula is C12H17N5O3. The Balaban J connectivity index is 2.79. The second kappa shape index (κ2) is 5.33. The van der Waals surface area contributed by atoms with Crippen molar-refractivity contribution < 1.29 is 5.11 Å². The number of aliphatic hydroxyl groups is 1. The largest absolute Gasteiger partial charge is 0.395 e. The molecule has 0 saturated carbocycles. The van der Waals surface area contributed by atoms with E-state index >= 15 is 0 Å². The summed E-state index contributed by atoms with van der Waals surface area (Å²) in [6.07, 6.45) is 1.50. The molecule has 108 valence electrons. The standard InChI is InChI=1S/C12H17N5O3/c1-4-6-17-10(19)8-9(16(3)12(17)20)14-11(15(8)2)13-5-7-18/h4,18H,1,5-7H2,2-3H3,(H,13,14). The molecule has 0 aliphatic carbocycles. The van der Waals surface area contributed by atoms with Gasteiger partial charge in [0.25, 0.3) is 5.56 Å². The van der Waals surface area contributed by atoms with Crippen molar-refractivity contribution in [3.05, 3.63) is 33.5 Å². The summed E-state index contributed by atoms with van der Waals surface area (Å²) >= 11 is 0. The van der Waals surface area contributed by atoms with Crippen LogP contribution in [0.15, 0.2) is 22.2 Å². The highest BCUT2D eigenvalue weighted by atomic mass is 16.3. The Morgan fingerprint density at radius 1 is 1.35 bits per heavy atom. The summed E-state index contributed by atoms with van der Waals surface area (Å²) in [5.74, 6) is 0.428. The molecule has 0 unspecified atom stereocenters. The van der Waals surface area contributed by atoms with Crippen LogP contribution in [0.5, 0.6) is 0 Å². The van der Waals surface area contributed by atoms with Gasteiger partial charge in [-0.15, -0.1) is 6.58 Å². The quantitative estimate of drug-likeness (QED) is 0.686. The predicted molar refractivity (Wildman–Crippen MR) is 76.0 cm³/mol. The number of fused-ring (bicyclic) bond motifs is 1. The smallest absolute Gasteiger partial charge is 0.332 e. The van der Waals surface area contributed by atoms with Crippen molar-refractivity contribution in [1.82, 2.24) is 18.7 Å². The van der Waals surface area contributed by atoms with E-state index in [1.165, 1.54) is 10.6 Å². The maximum absolute atomic E-state index is 12.4. The minimum atomic E-state index is -0.436. The van der Waals surface area contributed by atoms with Gasteiger partial charge in [-0.1, -0.05) is 6.08 Å². The van der Waals surface area contributed by atoms with Crippen molar-refractivity contribution in [2.24, 2.45) is 14.1 Å². The summed E-state index contributed by atoms with van der Waals surface area (Å²) in [7, 11) is 3.24. The molecular weight excluding hydrogens is 262 g/mol. The predicted octanol–water partition coefficient (Wildman–Crippen LogP) is -0.976. The minimum Gasteiger partial charge on any atom is -0.395 e. The van der Waals surface area contributed by atoms with Crippen molar-refractivity contribution in [1.29, 1.82) is 0 Å². The molecule has 0 aliphatic heterocycles. The summed E-state index contributed by atoms with van der Waals surface area (Å²) in [6, 6.07) is 0. The van der Waals surface area contributed by atoms with E-state index < -0.39 is 11.2 Å². The highest BCUT2D eigenvalue weighted by Gasteiger charge is 2.17. The van der Waals surface area contributed by atoms with E-state index in [0.717, 1.165) is 4.57 Å². The van der Waals surface area contributed by atoms with Gasteiger partial charge in [-0.25, -0.2) is 4.79 Å². The molecule has 0 aliphatic rings. The van der Waals surface area contributed by atoms with Crippen LogP contribution in [-0.4, -0.2) is 36.9 Å². The molecule has 2 aromatic heterocycles. The number of aryl methyl sites for hydroxylation is 2. The van der Waals surface area contributed by atoms with Crippen LogP contribution >= 0.6 is 0 Å². The Bertz CT molecular complexity index is 768. The number of nitrogens with zero attached hydrogens (tertiary/aromatic N) is 4. The second-order valence-electron chi connectivity index (χ2n) is 4.36. The summed E-state index contributed by atoms with van der Waals surface area (Å²) in [5.41, 5.74) is -0.207. The lowest BCUT2D eigenvalue weighted by Gasteiger charge is -2.06. The number of hydrogen-bond acceptors (Lipinski definition) is 5. The molecule has 0 bridgehead atoms. The summed E-state index contributed by atoms with van der Waals surface area (Å²) in [4.78, 5) is 28.7. The van der Waals surface area contributed by atoms with Gasteiger partial charge in [-0.2, -0.15) is 4.98 Å². The molecule has 0 spiro atoms. The highest BCUT2D eigenvalue weighted by Crippen LogP contribution is 2.12. The molecule has 0 aromatic carbocycles. The van der Waals surface area contributed by atoms with Gasteiger partial charge in [0.1, 0.15) is 0 Å². The molecule has 0 radical (unpaired) electrons. The first-order valence-electron chi connectivity index (χ1n) is 6.14. The lowest BCUT2D eigenvalue weighted by atomic mass is 10.5. The van der Waals surface area contributed by atoms with E-state index in [2.05, 4.69) is 16.9 Å². The average Bonchev–Trinajstić information content (AvgIpc) is 2.76. The van der Waals surface area contributed by atoms with Crippen LogP contribution in [0.3, 0.4) is 0 Å². The van der Waals surface area contributed by atoms with Crippen LogP contribution in [0.1, 0.15) is 0 Å². The normalized spacial score (nSPS) is 10.9. The molecule has 8 heteroatoms. The lowest BCUT2D eigenvalue weighted by molar-refractivity contribution is 0.310. The monoisotopic (exact) mass is 279 g/mol. The Hall–Kier alpha value is -2.35. The third kappa shape index (κ3) is 2.03. The number of anilines is 1. The van der Waals surface area contributed by atoms with Crippen LogP contribution in [0.2, 0.25) is 0 Å². The first-order chi connectivity index (χ1) is 9.52. The fourth-order valence-electron chi connectivity index (χ4n) is 2.06. The maximum Gasteiger partial charge on any atom is 0.332 e. The van der Waals surface area contributed by atoms with Crippen LogP contribution in [0.4, 0.5) is 5.95 Å². The Morgan fingerprint density at radius 2 is 2.05 bits per heavy atom. The third-order valence-corrected chi connectivity index (χ3v) is 3.07. The molecule has 0 atom stereocenters. The van der Waals surface area contributed by atoms with Crippen LogP contribution < -0.4 is 16.6 Å². The zero-order chi connectivity index (χ0) is 14.9. The third-order valence-electron chi connectivity index (χ3n) is 3.07. The van der Waals surface area contributed by atoms with Crippen molar-refractivity contribution >= 4 is 17.1 Å². The Morgan fingerprint density at radius 3 is 2.65 bits per heavy atom. The molecule has 0 saturated heterocycles. The van der Waals surface area contributed by atoms with E-state index in [-0.39, 0.29) is 13.2 Å². The molecule has 0 amide bonds. The molecule has 8 nitrogen and oxygen atoms in total. The van der Waals surface area contributed by atoms with Crippen molar-refractivity contribution in [2.75, 3.05) is 18.5 Å². The molecule has 0 fully saturated rings. The van der Waals surface area contributed by atoms with Gasteiger partial charge in [0.2, 0.25) is 5.95 Å². The van der Waals surface area contributed by atoms with Crippen molar-refractivity contribution in [3.63, 3.8) is 0 Å². The zero-order valence-corrected chi connectivity index (χ0v) is 11.5. The number of allylic oxidation sites excluding steroid dienone is 1. The number of nitrogens with one attached hydrogen (secondary N) is 1. The van der Waals surface area contributed by atoms with E-state index in [0.29, 0.717) is 23.7 Å². The second-order valence-corrected chi connectivity index (χ2v) is 4.36. The number of imidazole rings is 1. The Labute approximate surface area is 114 Å². The first kappa shape index (κ1) is 14.1. The SMILES string of the molecule is C=CCn1c(=O)c2c(nc(NCCO)n2C)n(C)c1=O. The molecule has 20 heavy (non-hydrogen) atoms. The maximum atomic E-state index is 12.4. The van der Waals surface area contributed by atoms with Gasteiger partial charge in [0, 0.05) is 27.2 Å². The minimum absolute atomic E-state index is 0.0527. The summed E-state index contributed by atoms with van der Waals surface area (Å²) in [6.45, 7) is 3.95. The van der Waals surface area contributed by atoms with Gasteiger partial charge in [0.05, 0.1) is 6.61 Å². The van der Waals surface area contributed by atoms with Crippen molar-refractivity contribution in [3.8, 4) is 0 Å². The number of aliphatic hydroxyl groups excluding tert-OH is 1. The zero-order valence-electron chi connectivity index (χ0n) is 11.5. The van der Waals surface area contributed by atoms with E-state index in [1.807, 2.05) is 0 Å². The van der Waals surface area contributed by atoms with E-state index in [4.69, 9.17) is 5.11 Å². The fraction of sp³-hybridized carbons (Fsp3) is 0.417. The Kier molecular flexibility index (Phi) is 3.75. The topological polar surface area (TPSA) is 94.1 Å². The lowest BCUT2D eigenvalue weighted by Crippen LogP contribution is -2.39.